The fourth-order valence-electron chi connectivity index (χ4n) is 9.43. The first kappa shape index (κ1) is 46.1. The highest BCUT2D eigenvalue weighted by Crippen LogP contribution is 2.42. The third kappa shape index (κ3) is 9.50. The van der Waals surface area contributed by atoms with Gasteiger partial charge in [0, 0.05) is 72.7 Å². The molecule has 2 N–H and O–H groups in total. The number of urea groups is 1. The van der Waals surface area contributed by atoms with E-state index in [2.05, 4.69) is 60.3 Å². The number of aryl methyl sites for hydroxylation is 1. The number of thiazole rings is 1. The van der Waals surface area contributed by atoms with E-state index in [1.807, 2.05) is 46.1 Å². The van der Waals surface area contributed by atoms with Crippen LogP contribution in [-0.4, -0.2) is 124 Å². The van der Waals surface area contributed by atoms with Gasteiger partial charge in [0.1, 0.15) is 18.1 Å². The van der Waals surface area contributed by atoms with Crippen molar-refractivity contribution in [3.8, 4) is 22.5 Å². The van der Waals surface area contributed by atoms with Crippen molar-refractivity contribution >= 4 is 46.1 Å². The summed E-state index contributed by atoms with van der Waals surface area (Å²) in [4.78, 5) is 70.1. The molecule has 6 bridgehead atoms. The lowest BCUT2D eigenvalue weighted by Gasteiger charge is -2.43. The van der Waals surface area contributed by atoms with Crippen LogP contribution in [0.25, 0.3) is 33.4 Å². The molecule has 16 heteroatoms. The molecule has 3 aromatic heterocycles. The fraction of sp³-hybridized carbons (Fsp3) is 0.574. The van der Waals surface area contributed by atoms with Crippen LogP contribution in [0.5, 0.6) is 0 Å². The maximum Gasteiger partial charge on any atom is 0.324 e. The second-order valence-electron chi connectivity index (χ2n) is 18.5. The molecule has 340 valence electrons. The van der Waals surface area contributed by atoms with Gasteiger partial charge in [0.25, 0.3) is 5.91 Å². The topological polar surface area (TPSA) is 160 Å². The largest absolute Gasteiger partial charge is 0.464 e. The summed E-state index contributed by atoms with van der Waals surface area (Å²) in [5.41, 5.74) is 9.36. The summed E-state index contributed by atoms with van der Waals surface area (Å²) in [6.07, 6.45) is 3.27. The van der Waals surface area contributed by atoms with Crippen LogP contribution in [0.2, 0.25) is 0 Å². The number of fused-ring (bicyclic) bond motifs is 6. The van der Waals surface area contributed by atoms with Crippen LogP contribution >= 0.6 is 11.3 Å². The lowest BCUT2D eigenvalue weighted by molar-refractivity contribution is -0.155. The van der Waals surface area contributed by atoms with E-state index in [1.54, 1.807) is 25.3 Å². The Morgan fingerprint density at radius 1 is 1.13 bits per heavy atom. The van der Waals surface area contributed by atoms with Gasteiger partial charge in [0.2, 0.25) is 5.91 Å². The molecule has 0 saturated carbocycles. The lowest BCUT2D eigenvalue weighted by atomic mass is 9.84. The van der Waals surface area contributed by atoms with Gasteiger partial charge in [-0.05, 0) is 82.7 Å². The molecular weight excluding hydrogens is 821 g/mol. The Morgan fingerprint density at radius 2 is 1.87 bits per heavy atom. The van der Waals surface area contributed by atoms with E-state index in [1.165, 1.54) is 21.2 Å². The average Bonchev–Trinajstić information content (AvgIpc) is 3.85. The minimum absolute atomic E-state index is 0.0993. The predicted molar refractivity (Wildman–Crippen MR) is 243 cm³/mol. The summed E-state index contributed by atoms with van der Waals surface area (Å²) in [7, 11) is 3.33. The number of carbonyl (C=O) groups is 4. The summed E-state index contributed by atoms with van der Waals surface area (Å²) in [5, 5.41) is 8.19. The van der Waals surface area contributed by atoms with Gasteiger partial charge < -0.3 is 33.9 Å². The molecule has 1 aromatic carbocycles. The Balaban J connectivity index is 1.29. The maximum atomic E-state index is 14.6. The molecule has 7 rings (SSSR count). The van der Waals surface area contributed by atoms with Crippen molar-refractivity contribution in [2.45, 2.75) is 124 Å². The van der Waals surface area contributed by atoms with Crippen molar-refractivity contribution in [3.63, 3.8) is 0 Å². The second-order valence-corrected chi connectivity index (χ2v) is 19.4. The summed E-state index contributed by atoms with van der Waals surface area (Å²) < 4.78 is 19.9. The predicted octanol–water partition coefficient (Wildman–Crippen LogP) is 6.39. The highest BCUT2D eigenvalue weighted by Gasteiger charge is 2.40. The molecule has 0 unspecified atom stereocenters. The standard InChI is InChI=1S/C47H64N8O7S/c1-11-53-38-17-16-31-20-33(38)34(42(53)32-14-12-18-48-40(32)30(6)60-10)22-47(7,8)26-62-45(58)35-15-13-19-54(51-35)44(57)36(21-39-49-37(31)25-63-39)50-43(56)41(27(2)3)52(9)46(59)55-28(4)23-61-24-29(55)5/h12,14,16-18,20,25,27-30,35-36,41,51H,11,13,15,19,21-24,26H2,1-10H3,(H,50,56)/t28-,29-,30-,35-,36-,41-/m0/s1. The molecule has 3 aliphatic rings. The first-order chi connectivity index (χ1) is 30.0. The van der Waals surface area contributed by atoms with Crippen molar-refractivity contribution in [2.75, 3.05) is 40.5 Å². The Morgan fingerprint density at radius 3 is 2.57 bits per heavy atom. The number of morpholine rings is 1. The molecule has 4 amide bonds. The van der Waals surface area contributed by atoms with Crippen LogP contribution in [0.15, 0.2) is 41.9 Å². The van der Waals surface area contributed by atoms with E-state index in [-0.39, 0.29) is 43.2 Å². The number of pyridine rings is 1. The average molecular weight is 885 g/mol. The van der Waals surface area contributed by atoms with Crippen LogP contribution in [0.1, 0.15) is 90.6 Å². The van der Waals surface area contributed by atoms with E-state index in [0.29, 0.717) is 50.6 Å². The van der Waals surface area contributed by atoms with Gasteiger partial charge in [0.05, 0.1) is 60.1 Å². The zero-order valence-electron chi connectivity index (χ0n) is 38.4. The number of hydrogen-bond acceptors (Lipinski definition) is 11. The SMILES string of the molecule is CCn1c(-c2cccnc2[C@H](C)OC)c2c3cc(ccc31)-c1csc(n1)C[C@H](NC(=O)[C@H](C(C)C)N(C)C(=O)N1[C@@H](C)COC[C@@H]1C)C(=O)N1CCC[C@H](N1)C(=O)OCC(C)(C)C2. The van der Waals surface area contributed by atoms with Gasteiger partial charge in [0.15, 0.2) is 0 Å². The van der Waals surface area contributed by atoms with Crippen molar-refractivity contribution in [3.05, 3.63) is 58.2 Å². The number of likely N-dealkylation sites (N-methyl/N-ethyl adjacent to an activating group) is 1. The Labute approximate surface area is 374 Å². The third-order valence-electron chi connectivity index (χ3n) is 12.7. The number of ether oxygens (including phenoxy) is 3. The molecule has 2 fully saturated rings. The molecule has 3 aliphatic heterocycles. The smallest absolute Gasteiger partial charge is 0.324 e. The Kier molecular flexibility index (Phi) is 13.9. The minimum atomic E-state index is -1.05. The number of esters is 1. The zero-order valence-corrected chi connectivity index (χ0v) is 39.2. The monoisotopic (exact) mass is 884 g/mol. The third-order valence-corrected chi connectivity index (χ3v) is 13.5. The number of benzene rings is 1. The highest BCUT2D eigenvalue weighted by molar-refractivity contribution is 7.10. The molecule has 63 heavy (non-hydrogen) atoms. The number of rotatable bonds is 8. The molecule has 15 nitrogen and oxygen atoms in total. The molecular formula is C47H64N8O7S. The van der Waals surface area contributed by atoms with Crippen LogP contribution in [0.4, 0.5) is 4.79 Å². The van der Waals surface area contributed by atoms with E-state index >= 15 is 0 Å². The number of nitrogens with zero attached hydrogens (tertiary/aromatic N) is 6. The van der Waals surface area contributed by atoms with E-state index in [4.69, 9.17) is 24.2 Å². The van der Waals surface area contributed by atoms with Gasteiger partial charge in [-0.25, -0.2) is 15.2 Å². The quantitative estimate of drug-likeness (QED) is 0.190. The number of aromatic nitrogens is 3. The number of nitrogens with one attached hydrogen (secondary N) is 2. The normalized spacial score (nSPS) is 23.0. The molecule has 0 aliphatic carbocycles. The molecule has 2 saturated heterocycles. The zero-order chi connectivity index (χ0) is 45.3. The number of methoxy groups -OCH3 is 1. The van der Waals surface area contributed by atoms with E-state index in [9.17, 15) is 19.2 Å². The minimum Gasteiger partial charge on any atom is -0.464 e. The number of hydrogen-bond donors (Lipinski definition) is 2. The maximum absolute atomic E-state index is 14.6. The van der Waals surface area contributed by atoms with E-state index < -0.39 is 41.3 Å². The molecule has 6 heterocycles. The summed E-state index contributed by atoms with van der Waals surface area (Å²) in [5.74, 6) is -1.57. The van der Waals surface area contributed by atoms with Crippen LogP contribution in [0, 0.1) is 11.3 Å². The van der Waals surface area contributed by atoms with Gasteiger partial charge >= 0.3 is 12.0 Å². The van der Waals surface area contributed by atoms with Gasteiger partial charge in [-0.15, -0.1) is 11.3 Å². The number of amides is 4. The Hall–Kier alpha value is -4.90. The van der Waals surface area contributed by atoms with E-state index in [0.717, 1.165) is 44.7 Å². The van der Waals surface area contributed by atoms with Gasteiger partial charge in [-0.2, -0.15) is 0 Å². The fourth-order valence-corrected chi connectivity index (χ4v) is 10.3. The van der Waals surface area contributed by atoms with Crippen LogP contribution in [0.3, 0.4) is 0 Å². The van der Waals surface area contributed by atoms with Crippen LogP contribution in [-0.2, 0) is 48.0 Å². The number of cyclic esters (lactones) is 1. The summed E-state index contributed by atoms with van der Waals surface area (Å²) >= 11 is 1.42. The highest BCUT2D eigenvalue weighted by atomic mass is 32.1. The first-order valence-electron chi connectivity index (χ1n) is 22.3. The van der Waals surface area contributed by atoms with Crippen molar-refractivity contribution < 1.29 is 33.4 Å². The van der Waals surface area contributed by atoms with Gasteiger partial charge in [-0.3, -0.25) is 24.4 Å². The second kappa shape index (κ2) is 19.1. The van der Waals surface area contributed by atoms with Crippen LogP contribution < -0.4 is 10.7 Å². The molecule has 0 radical (unpaired) electrons. The molecule has 4 aromatic rings. The lowest BCUT2D eigenvalue weighted by Crippen LogP contribution is -2.63. The van der Waals surface area contributed by atoms with Crippen molar-refractivity contribution in [1.82, 2.24) is 40.1 Å². The summed E-state index contributed by atoms with van der Waals surface area (Å²) in [6.45, 7) is 18.0. The Bertz CT molecular complexity index is 2310. The molecule has 6 atom stereocenters. The summed E-state index contributed by atoms with van der Waals surface area (Å²) in [6, 6.07) is 7.13. The number of hydrazine groups is 1. The van der Waals surface area contributed by atoms with Crippen molar-refractivity contribution in [1.29, 1.82) is 0 Å². The number of carbonyl (C=O) groups excluding carboxylic acids is 4. The van der Waals surface area contributed by atoms with Gasteiger partial charge in [-0.1, -0.05) is 33.8 Å². The molecule has 0 spiro atoms. The van der Waals surface area contributed by atoms with Crippen molar-refractivity contribution in [2.24, 2.45) is 11.3 Å². The first-order valence-corrected chi connectivity index (χ1v) is 23.2.